The maximum atomic E-state index is 12.2. The van der Waals surface area contributed by atoms with Crippen LogP contribution in [-0.2, 0) is 0 Å². The molecule has 100 valence electrons. The normalized spacial score (nSPS) is 11.3. The Labute approximate surface area is 112 Å². The number of amides is 1. The number of nitrogens with one attached hydrogen (secondary N) is 1. The van der Waals surface area contributed by atoms with Gasteiger partial charge in [0.05, 0.1) is 16.2 Å². The SMILES string of the molecule is CCC(CC)(NC(=O)c1oc(C)nc1C)C(N)=S. The lowest BCUT2D eigenvalue weighted by Gasteiger charge is -2.31. The van der Waals surface area contributed by atoms with Gasteiger partial charge in [0.15, 0.2) is 5.89 Å². The minimum absolute atomic E-state index is 0.218. The van der Waals surface area contributed by atoms with Crippen molar-refractivity contribution in [1.82, 2.24) is 10.3 Å². The van der Waals surface area contributed by atoms with Gasteiger partial charge in [-0.25, -0.2) is 4.98 Å². The van der Waals surface area contributed by atoms with E-state index in [9.17, 15) is 4.79 Å². The van der Waals surface area contributed by atoms with Crippen molar-refractivity contribution in [1.29, 1.82) is 0 Å². The molecule has 0 spiro atoms. The van der Waals surface area contributed by atoms with Crippen LogP contribution < -0.4 is 11.1 Å². The van der Waals surface area contributed by atoms with E-state index in [1.807, 2.05) is 13.8 Å². The molecule has 5 nitrogen and oxygen atoms in total. The van der Waals surface area contributed by atoms with Gasteiger partial charge < -0.3 is 15.5 Å². The average molecular weight is 269 g/mol. The summed E-state index contributed by atoms with van der Waals surface area (Å²) in [6, 6.07) is 0. The Balaban J connectivity index is 2.99. The lowest BCUT2D eigenvalue weighted by atomic mass is 9.92. The number of nitrogens with two attached hydrogens (primary N) is 1. The van der Waals surface area contributed by atoms with Gasteiger partial charge in [-0.1, -0.05) is 26.1 Å². The Hall–Kier alpha value is -1.43. The monoisotopic (exact) mass is 269 g/mol. The molecule has 0 aliphatic carbocycles. The van der Waals surface area contributed by atoms with Crippen LogP contribution in [0.1, 0.15) is 48.8 Å². The van der Waals surface area contributed by atoms with E-state index in [2.05, 4.69) is 10.3 Å². The first-order chi connectivity index (χ1) is 8.36. The Morgan fingerprint density at radius 1 is 1.44 bits per heavy atom. The standard InChI is InChI=1S/C12H19N3O2S/c1-5-12(6-2,11(13)18)15-10(16)9-7(3)14-8(4)17-9/h5-6H2,1-4H3,(H2,13,18)(H,15,16). The van der Waals surface area contributed by atoms with Crippen molar-refractivity contribution in [3.8, 4) is 0 Å². The van der Waals surface area contributed by atoms with E-state index in [1.165, 1.54) is 0 Å². The van der Waals surface area contributed by atoms with Crippen LogP contribution in [0.15, 0.2) is 4.42 Å². The number of carbonyl (C=O) groups is 1. The Kier molecular flexibility index (Phi) is 4.45. The Bertz CT molecular complexity index is 464. The van der Waals surface area contributed by atoms with Gasteiger partial charge in [0.1, 0.15) is 0 Å². The zero-order valence-electron chi connectivity index (χ0n) is 11.2. The molecule has 0 unspecified atom stereocenters. The van der Waals surface area contributed by atoms with Gasteiger partial charge in [-0.3, -0.25) is 4.79 Å². The summed E-state index contributed by atoms with van der Waals surface area (Å²) in [5, 5.41) is 2.86. The maximum Gasteiger partial charge on any atom is 0.289 e. The fourth-order valence-corrected chi connectivity index (χ4v) is 2.19. The van der Waals surface area contributed by atoms with Gasteiger partial charge in [-0.15, -0.1) is 0 Å². The number of nitrogens with zero attached hydrogens (tertiary/aromatic N) is 1. The molecular weight excluding hydrogens is 250 g/mol. The largest absolute Gasteiger partial charge is 0.436 e. The summed E-state index contributed by atoms with van der Waals surface area (Å²) in [6.07, 6.45) is 1.27. The summed E-state index contributed by atoms with van der Waals surface area (Å²) in [5.74, 6) is 0.353. The van der Waals surface area contributed by atoms with Crippen LogP contribution in [0.4, 0.5) is 0 Å². The van der Waals surface area contributed by atoms with E-state index < -0.39 is 5.54 Å². The first kappa shape index (κ1) is 14.6. The van der Waals surface area contributed by atoms with Crippen molar-refractivity contribution in [2.45, 2.75) is 46.1 Å². The molecule has 1 rings (SSSR count). The van der Waals surface area contributed by atoms with E-state index in [0.29, 0.717) is 24.4 Å². The molecule has 18 heavy (non-hydrogen) atoms. The number of aromatic nitrogens is 1. The summed E-state index contributed by atoms with van der Waals surface area (Å²) in [4.78, 5) is 16.5. The van der Waals surface area contributed by atoms with Gasteiger partial charge in [-0.2, -0.15) is 0 Å². The third-order valence-corrected chi connectivity index (χ3v) is 3.53. The molecule has 0 saturated heterocycles. The topological polar surface area (TPSA) is 81.2 Å². The van der Waals surface area contributed by atoms with Crippen LogP contribution in [0.5, 0.6) is 0 Å². The molecule has 0 aliphatic rings. The minimum Gasteiger partial charge on any atom is -0.436 e. The number of hydrogen-bond acceptors (Lipinski definition) is 4. The molecule has 0 fully saturated rings. The minimum atomic E-state index is -0.667. The number of rotatable bonds is 5. The molecule has 6 heteroatoms. The molecule has 0 aromatic carbocycles. The number of aryl methyl sites for hydroxylation is 2. The molecular formula is C12H19N3O2S. The van der Waals surface area contributed by atoms with E-state index in [1.54, 1.807) is 13.8 Å². The predicted octanol–water partition coefficient (Wildman–Crippen LogP) is 1.87. The number of thiocarbonyl (C=S) groups is 1. The van der Waals surface area contributed by atoms with Crippen LogP contribution >= 0.6 is 12.2 Å². The highest BCUT2D eigenvalue weighted by Crippen LogP contribution is 2.18. The molecule has 1 amide bonds. The van der Waals surface area contributed by atoms with Gasteiger partial charge >= 0.3 is 0 Å². The highest BCUT2D eigenvalue weighted by atomic mass is 32.1. The van der Waals surface area contributed by atoms with E-state index >= 15 is 0 Å². The van der Waals surface area contributed by atoms with Crippen LogP contribution in [0.3, 0.4) is 0 Å². The lowest BCUT2D eigenvalue weighted by molar-refractivity contribution is 0.0889. The molecule has 0 saturated carbocycles. The van der Waals surface area contributed by atoms with Gasteiger partial charge in [-0.05, 0) is 19.8 Å². The molecule has 0 aliphatic heterocycles. The molecule has 1 heterocycles. The summed E-state index contributed by atoms with van der Waals surface area (Å²) in [7, 11) is 0. The molecule has 0 radical (unpaired) electrons. The summed E-state index contributed by atoms with van der Waals surface area (Å²) in [6.45, 7) is 7.29. The van der Waals surface area contributed by atoms with Crippen LogP contribution in [0, 0.1) is 13.8 Å². The Morgan fingerprint density at radius 2 is 2.00 bits per heavy atom. The Morgan fingerprint density at radius 3 is 2.33 bits per heavy atom. The highest BCUT2D eigenvalue weighted by molar-refractivity contribution is 7.80. The quantitative estimate of drug-likeness (QED) is 0.797. The van der Waals surface area contributed by atoms with Crippen LogP contribution in [-0.4, -0.2) is 21.4 Å². The molecule has 1 aromatic rings. The maximum absolute atomic E-state index is 12.2. The van der Waals surface area contributed by atoms with Crippen molar-refractivity contribution >= 4 is 23.1 Å². The van der Waals surface area contributed by atoms with E-state index in [4.69, 9.17) is 22.4 Å². The van der Waals surface area contributed by atoms with E-state index in [0.717, 1.165) is 0 Å². The van der Waals surface area contributed by atoms with E-state index in [-0.39, 0.29) is 16.7 Å². The fourth-order valence-electron chi connectivity index (χ4n) is 1.85. The van der Waals surface area contributed by atoms with Gasteiger partial charge in [0.2, 0.25) is 5.76 Å². The van der Waals surface area contributed by atoms with Crippen molar-refractivity contribution < 1.29 is 9.21 Å². The molecule has 1 aromatic heterocycles. The van der Waals surface area contributed by atoms with Crippen molar-refractivity contribution in [2.75, 3.05) is 0 Å². The summed E-state index contributed by atoms with van der Waals surface area (Å²) >= 11 is 5.05. The molecule has 0 atom stereocenters. The second kappa shape index (κ2) is 5.48. The average Bonchev–Trinajstić information content (AvgIpc) is 2.65. The van der Waals surface area contributed by atoms with Crippen molar-refractivity contribution in [3.05, 3.63) is 17.3 Å². The van der Waals surface area contributed by atoms with Crippen LogP contribution in [0.25, 0.3) is 0 Å². The fraction of sp³-hybridized carbons (Fsp3) is 0.583. The number of hydrogen-bond donors (Lipinski definition) is 2. The van der Waals surface area contributed by atoms with Crippen molar-refractivity contribution in [2.24, 2.45) is 5.73 Å². The van der Waals surface area contributed by atoms with Crippen LogP contribution in [0.2, 0.25) is 0 Å². The predicted molar refractivity (Wildman–Crippen MR) is 73.5 cm³/mol. The number of oxazole rings is 1. The van der Waals surface area contributed by atoms with Crippen molar-refractivity contribution in [3.63, 3.8) is 0 Å². The first-order valence-corrected chi connectivity index (χ1v) is 6.33. The smallest absolute Gasteiger partial charge is 0.289 e. The zero-order valence-corrected chi connectivity index (χ0v) is 12.0. The van der Waals surface area contributed by atoms with Gasteiger partial charge in [0, 0.05) is 6.92 Å². The van der Waals surface area contributed by atoms with Gasteiger partial charge in [0.25, 0.3) is 5.91 Å². The number of carbonyl (C=O) groups excluding carboxylic acids is 1. The first-order valence-electron chi connectivity index (χ1n) is 5.92. The molecule has 0 bridgehead atoms. The lowest BCUT2D eigenvalue weighted by Crippen LogP contribution is -2.56. The third-order valence-electron chi connectivity index (χ3n) is 3.14. The summed E-state index contributed by atoms with van der Waals surface area (Å²) in [5.41, 5.74) is 5.63. The zero-order chi connectivity index (χ0) is 13.9. The third kappa shape index (κ3) is 2.69. The molecule has 3 N–H and O–H groups in total. The second-order valence-electron chi connectivity index (χ2n) is 4.26. The second-order valence-corrected chi connectivity index (χ2v) is 4.69. The highest BCUT2D eigenvalue weighted by Gasteiger charge is 2.33. The summed E-state index contributed by atoms with van der Waals surface area (Å²) < 4.78 is 5.28.